The van der Waals surface area contributed by atoms with Crippen LogP contribution < -0.4 is 20.5 Å². The van der Waals surface area contributed by atoms with Crippen molar-refractivity contribution in [3.05, 3.63) is 94.3 Å². The van der Waals surface area contributed by atoms with E-state index < -0.39 is 22.9 Å². The molecule has 0 bridgehead atoms. The Kier molecular flexibility index (Phi) is 7.41. The zero-order valence-corrected chi connectivity index (χ0v) is 24.1. The Balaban J connectivity index is 1.43. The van der Waals surface area contributed by atoms with Crippen molar-refractivity contribution in [2.45, 2.75) is 32.9 Å². The number of benzene rings is 2. The first-order chi connectivity index (χ1) is 19.4. The van der Waals surface area contributed by atoms with Gasteiger partial charge in [0.15, 0.2) is 11.6 Å². The van der Waals surface area contributed by atoms with Gasteiger partial charge in [-0.25, -0.2) is 9.07 Å². The summed E-state index contributed by atoms with van der Waals surface area (Å²) in [6, 6.07) is 16.5. The maximum atomic E-state index is 15.2. The van der Waals surface area contributed by atoms with Gasteiger partial charge in [-0.15, -0.1) is 11.3 Å². The minimum Gasteiger partial charge on any atom is -0.453 e. The van der Waals surface area contributed by atoms with E-state index in [0.717, 1.165) is 21.3 Å². The number of amides is 1. The van der Waals surface area contributed by atoms with Gasteiger partial charge in [-0.1, -0.05) is 18.2 Å². The first-order valence-electron chi connectivity index (χ1n) is 12.9. The lowest BCUT2D eigenvalue weighted by molar-refractivity contribution is 0.0546. The predicted octanol–water partition coefficient (Wildman–Crippen LogP) is 5.58. The monoisotopic (exact) mass is 575 g/mol. The van der Waals surface area contributed by atoms with Crippen molar-refractivity contribution in [2.24, 2.45) is 0 Å². The lowest BCUT2D eigenvalue weighted by Crippen LogP contribution is -2.32. The number of nitrogens with zero attached hydrogens (tertiary/aromatic N) is 4. The lowest BCUT2D eigenvalue weighted by Gasteiger charge is -2.22. The van der Waals surface area contributed by atoms with Crippen molar-refractivity contribution in [2.75, 3.05) is 24.3 Å². The molecule has 41 heavy (non-hydrogen) atoms. The fourth-order valence-corrected chi connectivity index (χ4v) is 5.46. The molecule has 0 saturated carbocycles. The summed E-state index contributed by atoms with van der Waals surface area (Å²) in [6.45, 7) is 4.95. The molecule has 1 amide bonds. The number of nitrogens with one attached hydrogen (secondary N) is 1. The SMILES string of the molecule is Cc1c(C(=O)Nc2ccc(Oc3ccnc4cc(N(C)C)sc34)c(F)c2)c(=O)n(-c2ccccc2)n1CC(C)(C)O. The molecule has 0 fully saturated rings. The number of fused-ring (bicyclic) bond motifs is 1. The van der Waals surface area contributed by atoms with Crippen LogP contribution in [0.15, 0.2) is 71.7 Å². The number of ether oxygens (including phenoxy) is 1. The van der Waals surface area contributed by atoms with E-state index in [1.165, 1.54) is 28.2 Å². The highest BCUT2D eigenvalue weighted by Crippen LogP contribution is 2.39. The molecule has 0 aliphatic carbocycles. The third-order valence-corrected chi connectivity index (χ3v) is 7.68. The number of carbonyl (C=O) groups is 1. The number of pyridine rings is 1. The van der Waals surface area contributed by atoms with Gasteiger partial charge in [-0.05, 0) is 51.1 Å². The third kappa shape index (κ3) is 5.72. The Hall–Kier alpha value is -4.48. The van der Waals surface area contributed by atoms with Crippen LogP contribution in [0.3, 0.4) is 0 Å². The van der Waals surface area contributed by atoms with Crippen molar-refractivity contribution in [1.29, 1.82) is 0 Å². The number of anilines is 2. The molecule has 9 nitrogen and oxygen atoms in total. The molecule has 3 aromatic heterocycles. The topological polar surface area (TPSA) is 102 Å². The molecule has 5 rings (SSSR count). The molecule has 0 unspecified atom stereocenters. The van der Waals surface area contributed by atoms with Gasteiger partial charge in [0, 0.05) is 38.1 Å². The van der Waals surface area contributed by atoms with Crippen LogP contribution >= 0.6 is 11.3 Å². The molecule has 0 aliphatic rings. The van der Waals surface area contributed by atoms with Gasteiger partial charge < -0.3 is 20.1 Å². The van der Waals surface area contributed by atoms with Gasteiger partial charge >= 0.3 is 0 Å². The molecule has 3 heterocycles. The smallest absolute Gasteiger partial charge is 0.284 e. The molecule has 2 N–H and O–H groups in total. The second-order valence-electron chi connectivity index (χ2n) is 10.5. The molecule has 0 radical (unpaired) electrons. The normalized spacial score (nSPS) is 11.6. The number of hydrogen-bond donors (Lipinski definition) is 2. The van der Waals surface area contributed by atoms with E-state index in [0.29, 0.717) is 17.1 Å². The second kappa shape index (κ2) is 10.8. The number of rotatable bonds is 8. The van der Waals surface area contributed by atoms with Crippen LogP contribution in [0, 0.1) is 12.7 Å². The third-order valence-electron chi connectivity index (χ3n) is 6.37. The average Bonchev–Trinajstić information content (AvgIpc) is 3.45. The van der Waals surface area contributed by atoms with E-state index in [1.807, 2.05) is 31.1 Å². The van der Waals surface area contributed by atoms with Crippen molar-refractivity contribution < 1.29 is 19.0 Å². The Morgan fingerprint density at radius 1 is 1.12 bits per heavy atom. The van der Waals surface area contributed by atoms with Gasteiger partial charge in [-0.3, -0.25) is 19.3 Å². The number of hydrogen-bond acceptors (Lipinski definition) is 7. The fourth-order valence-electron chi connectivity index (χ4n) is 4.47. The molecule has 212 valence electrons. The van der Waals surface area contributed by atoms with Crippen LogP contribution in [-0.4, -0.2) is 45.1 Å². The first-order valence-corrected chi connectivity index (χ1v) is 13.7. The highest BCUT2D eigenvalue weighted by molar-refractivity contribution is 7.23. The Morgan fingerprint density at radius 2 is 1.85 bits per heavy atom. The summed E-state index contributed by atoms with van der Waals surface area (Å²) in [4.78, 5) is 33.2. The van der Waals surface area contributed by atoms with Gasteiger partial charge in [0.2, 0.25) is 0 Å². The zero-order valence-electron chi connectivity index (χ0n) is 23.3. The standard InChI is InChI=1S/C30H30FN5O4S/c1-18-26(29(38)36(20-9-7-6-8-10-20)35(18)17-30(2,3)39)28(37)33-19-11-12-23(21(31)15-19)40-24-13-14-32-22-16-25(34(4)5)41-27(22)24/h6-16,39H,17H2,1-5H3,(H,33,37). The number of para-hydroxylation sites is 1. The summed E-state index contributed by atoms with van der Waals surface area (Å²) >= 11 is 1.48. The average molecular weight is 576 g/mol. The highest BCUT2D eigenvalue weighted by Gasteiger charge is 2.27. The van der Waals surface area contributed by atoms with Crippen LogP contribution in [0.1, 0.15) is 29.9 Å². The van der Waals surface area contributed by atoms with Crippen LogP contribution in [0.2, 0.25) is 0 Å². The minimum absolute atomic E-state index is 0.0192. The van der Waals surface area contributed by atoms with E-state index in [2.05, 4.69) is 10.3 Å². The molecule has 0 saturated heterocycles. The molecular formula is C30H30FN5O4S. The van der Waals surface area contributed by atoms with Crippen LogP contribution in [0.25, 0.3) is 15.9 Å². The molecule has 11 heteroatoms. The summed E-state index contributed by atoms with van der Waals surface area (Å²) in [7, 11) is 3.86. The van der Waals surface area contributed by atoms with Crippen molar-refractivity contribution >= 4 is 38.1 Å². The Morgan fingerprint density at radius 3 is 2.51 bits per heavy atom. The van der Waals surface area contributed by atoms with Gasteiger partial charge in [-0.2, -0.15) is 0 Å². The maximum Gasteiger partial charge on any atom is 0.284 e. The number of aliphatic hydroxyl groups is 1. The number of halogens is 1. The summed E-state index contributed by atoms with van der Waals surface area (Å²) in [6.07, 6.45) is 1.60. The lowest BCUT2D eigenvalue weighted by atomic mass is 10.1. The summed E-state index contributed by atoms with van der Waals surface area (Å²) in [5.41, 5.74) is 0.00754. The molecular weight excluding hydrogens is 545 g/mol. The maximum absolute atomic E-state index is 15.2. The highest BCUT2D eigenvalue weighted by atomic mass is 32.1. The molecule has 0 aliphatic heterocycles. The summed E-state index contributed by atoms with van der Waals surface area (Å²) in [5, 5.41) is 14.1. The molecule has 2 aromatic carbocycles. The van der Waals surface area contributed by atoms with Crippen LogP contribution in [-0.2, 0) is 6.54 Å². The van der Waals surface area contributed by atoms with Gasteiger partial charge in [0.1, 0.15) is 11.3 Å². The van der Waals surface area contributed by atoms with E-state index in [1.54, 1.807) is 62.0 Å². The summed E-state index contributed by atoms with van der Waals surface area (Å²) < 4.78 is 24.8. The van der Waals surface area contributed by atoms with Crippen molar-refractivity contribution in [3.8, 4) is 17.2 Å². The first kappa shape index (κ1) is 28.1. The van der Waals surface area contributed by atoms with Crippen LogP contribution in [0.4, 0.5) is 15.1 Å². The van der Waals surface area contributed by atoms with E-state index in [9.17, 15) is 14.7 Å². The Bertz CT molecular complexity index is 1800. The number of aromatic nitrogens is 3. The fraction of sp³-hybridized carbons (Fsp3) is 0.233. The molecule has 0 atom stereocenters. The van der Waals surface area contributed by atoms with E-state index >= 15 is 4.39 Å². The largest absolute Gasteiger partial charge is 0.453 e. The van der Waals surface area contributed by atoms with E-state index in [-0.39, 0.29) is 23.5 Å². The Labute approximate surface area is 240 Å². The number of carbonyl (C=O) groups excluding carboxylic acids is 1. The van der Waals surface area contributed by atoms with Crippen LogP contribution in [0.5, 0.6) is 11.5 Å². The summed E-state index contributed by atoms with van der Waals surface area (Å²) in [5.74, 6) is -0.927. The van der Waals surface area contributed by atoms with Crippen molar-refractivity contribution in [1.82, 2.24) is 14.3 Å². The molecule has 5 aromatic rings. The van der Waals surface area contributed by atoms with E-state index in [4.69, 9.17) is 4.74 Å². The zero-order chi connectivity index (χ0) is 29.5. The number of thiophene rings is 1. The minimum atomic E-state index is -1.16. The quantitative estimate of drug-likeness (QED) is 0.251. The van der Waals surface area contributed by atoms with Crippen molar-refractivity contribution in [3.63, 3.8) is 0 Å². The predicted molar refractivity (Wildman–Crippen MR) is 159 cm³/mol. The van der Waals surface area contributed by atoms with Gasteiger partial charge in [0.05, 0.1) is 38.7 Å². The second-order valence-corrected chi connectivity index (χ2v) is 11.5. The molecule has 0 spiro atoms. The van der Waals surface area contributed by atoms with Gasteiger partial charge in [0.25, 0.3) is 11.5 Å².